The Hall–Kier alpha value is -2.79. The predicted octanol–water partition coefficient (Wildman–Crippen LogP) is 3.34. The lowest BCUT2D eigenvalue weighted by atomic mass is 10.1. The number of ether oxygens (including phenoxy) is 1. The molecule has 1 aliphatic rings. The van der Waals surface area contributed by atoms with Crippen LogP contribution in [0.3, 0.4) is 0 Å². The number of aromatic nitrogens is 3. The number of fused-ring (bicyclic) bond motifs is 1. The number of rotatable bonds is 3. The van der Waals surface area contributed by atoms with Crippen molar-refractivity contribution >= 4 is 29.0 Å². The molecule has 2 aromatic heterocycles. The van der Waals surface area contributed by atoms with Gasteiger partial charge in [0.25, 0.3) is 0 Å². The first-order valence-corrected chi connectivity index (χ1v) is 8.48. The maximum Gasteiger partial charge on any atom is 0.225 e. The predicted molar refractivity (Wildman–Crippen MR) is 100 cm³/mol. The molecule has 0 saturated carbocycles. The molecular weight excluding hydrogens is 312 g/mol. The number of anilines is 1. The largest absolute Gasteiger partial charge is 0.378 e. The van der Waals surface area contributed by atoms with Gasteiger partial charge in [0.05, 0.1) is 24.4 Å². The van der Waals surface area contributed by atoms with Crippen molar-refractivity contribution in [2.24, 2.45) is 0 Å². The van der Waals surface area contributed by atoms with Gasteiger partial charge in [-0.1, -0.05) is 17.7 Å². The summed E-state index contributed by atoms with van der Waals surface area (Å²) in [5.41, 5.74) is 4.14. The molecule has 3 heterocycles. The minimum Gasteiger partial charge on any atom is -0.378 e. The van der Waals surface area contributed by atoms with E-state index in [4.69, 9.17) is 4.74 Å². The Bertz CT molecular complexity index is 899. The Morgan fingerprint density at radius 1 is 1.00 bits per heavy atom. The van der Waals surface area contributed by atoms with Crippen molar-refractivity contribution in [2.75, 3.05) is 31.2 Å². The molecular formula is C20H20N4O. The topological polar surface area (TPSA) is 51.1 Å². The first-order valence-electron chi connectivity index (χ1n) is 8.48. The fourth-order valence-electron chi connectivity index (χ4n) is 2.88. The summed E-state index contributed by atoms with van der Waals surface area (Å²) in [6.45, 7) is 5.25. The smallest absolute Gasteiger partial charge is 0.225 e. The maximum atomic E-state index is 5.35. The molecule has 0 aliphatic carbocycles. The first-order chi connectivity index (χ1) is 12.3. The third-order valence-electron chi connectivity index (χ3n) is 4.26. The lowest BCUT2D eigenvalue weighted by molar-refractivity contribution is 0.122. The molecule has 1 aliphatic heterocycles. The first kappa shape index (κ1) is 15.7. The number of morpholine rings is 1. The fraction of sp³-hybridized carbons (Fsp3) is 0.250. The highest BCUT2D eigenvalue weighted by Crippen LogP contribution is 2.16. The third-order valence-corrected chi connectivity index (χ3v) is 4.26. The lowest BCUT2D eigenvalue weighted by Crippen LogP contribution is -2.37. The quantitative estimate of drug-likeness (QED) is 0.736. The van der Waals surface area contributed by atoms with Gasteiger partial charge in [-0.15, -0.1) is 0 Å². The zero-order valence-electron chi connectivity index (χ0n) is 14.2. The minimum atomic E-state index is 0.734. The van der Waals surface area contributed by atoms with Crippen LogP contribution in [0.15, 0.2) is 42.7 Å². The summed E-state index contributed by atoms with van der Waals surface area (Å²) in [5.74, 6) is 0.764. The highest BCUT2D eigenvalue weighted by atomic mass is 16.5. The second-order valence-corrected chi connectivity index (χ2v) is 6.18. The second kappa shape index (κ2) is 6.99. The maximum absolute atomic E-state index is 5.35. The van der Waals surface area contributed by atoms with Crippen molar-refractivity contribution in [3.63, 3.8) is 0 Å². The number of aryl methyl sites for hydroxylation is 1. The van der Waals surface area contributed by atoms with Crippen molar-refractivity contribution in [3.8, 4) is 0 Å². The van der Waals surface area contributed by atoms with Crippen molar-refractivity contribution in [2.45, 2.75) is 6.92 Å². The van der Waals surface area contributed by atoms with Crippen LogP contribution in [0.1, 0.15) is 16.8 Å². The molecule has 5 heteroatoms. The van der Waals surface area contributed by atoms with E-state index in [2.05, 4.69) is 51.0 Å². The van der Waals surface area contributed by atoms with Crippen LogP contribution in [0.2, 0.25) is 0 Å². The number of benzene rings is 1. The van der Waals surface area contributed by atoms with Gasteiger partial charge in [-0.2, -0.15) is 0 Å². The summed E-state index contributed by atoms with van der Waals surface area (Å²) in [5, 5.41) is 1.16. The van der Waals surface area contributed by atoms with E-state index in [1.54, 1.807) is 0 Å². The van der Waals surface area contributed by atoms with Crippen LogP contribution in [0.4, 0.5) is 5.95 Å². The molecule has 0 bridgehead atoms. The van der Waals surface area contributed by atoms with E-state index in [1.807, 2.05) is 30.6 Å². The average molecular weight is 332 g/mol. The molecule has 5 nitrogen and oxygen atoms in total. The summed E-state index contributed by atoms with van der Waals surface area (Å²) in [4.78, 5) is 15.7. The van der Waals surface area contributed by atoms with E-state index in [-0.39, 0.29) is 0 Å². The van der Waals surface area contributed by atoms with Crippen molar-refractivity contribution in [1.82, 2.24) is 15.0 Å². The van der Waals surface area contributed by atoms with E-state index < -0.39 is 0 Å². The minimum absolute atomic E-state index is 0.734. The van der Waals surface area contributed by atoms with Gasteiger partial charge in [-0.25, -0.2) is 15.0 Å². The number of nitrogens with zero attached hydrogens (tertiary/aromatic N) is 4. The van der Waals surface area contributed by atoms with Crippen molar-refractivity contribution in [3.05, 3.63) is 59.5 Å². The Balaban J connectivity index is 1.50. The highest BCUT2D eigenvalue weighted by Gasteiger charge is 2.12. The standard InChI is InChI=1S/C20H20N4O/c1-15-2-7-19-17(12-15)4-6-18(23-19)5-3-16-13-21-20(22-14-16)24-8-10-25-11-9-24/h2-7,12-14H,8-11H2,1H3/b5-3-. The molecule has 1 aromatic carbocycles. The summed E-state index contributed by atoms with van der Waals surface area (Å²) in [6, 6.07) is 10.4. The van der Waals surface area contributed by atoms with E-state index in [0.29, 0.717) is 0 Å². The summed E-state index contributed by atoms with van der Waals surface area (Å²) in [7, 11) is 0. The Labute approximate surface area is 147 Å². The molecule has 0 amide bonds. The Morgan fingerprint density at radius 3 is 2.60 bits per heavy atom. The van der Waals surface area contributed by atoms with E-state index in [9.17, 15) is 0 Å². The zero-order chi connectivity index (χ0) is 17.1. The molecule has 3 aromatic rings. The SMILES string of the molecule is Cc1ccc2nc(/C=C\c3cnc(N4CCOCC4)nc3)ccc2c1. The zero-order valence-corrected chi connectivity index (χ0v) is 14.2. The van der Waals surface area contributed by atoms with Crippen LogP contribution in [0, 0.1) is 6.92 Å². The molecule has 25 heavy (non-hydrogen) atoms. The monoisotopic (exact) mass is 332 g/mol. The van der Waals surface area contributed by atoms with Crippen molar-refractivity contribution < 1.29 is 4.74 Å². The normalized spacial score (nSPS) is 15.2. The van der Waals surface area contributed by atoms with Crippen LogP contribution in [-0.4, -0.2) is 41.3 Å². The highest BCUT2D eigenvalue weighted by molar-refractivity contribution is 5.81. The van der Waals surface area contributed by atoms with Gasteiger partial charge < -0.3 is 9.64 Å². The van der Waals surface area contributed by atoms with Crippen LogP contribution >= 0.6 is 0 Å². The van der Waals surface area contributed by atoms with Crippen LogP contribution < -0.4 is 4.90 Å². The number of hydrogen-bond donors (Lipinski definition) is 0. The Morgan fingerprint density at radius 2 is 1.80 bits per heavy atom. The molecule has 4 rings (SSSR count). The lowest BCUT2D eigenvalue weighted by Gasteiger charge is -2.26. The van der Waals surface area contributed by atoms with E-state index in [1.165, 1.54) is 5.56 Å². The van der Waals surface area contributed by atoms with E-state index >= 15 is 0 Å². The van der Waals surface area contributed by atoms with Crippen molar-refractivity contribution in [1.29, 1.82) is 0 Å². The number of pyridine rings is 1. The number of hydrogen-bond acceptors (Lipinski definition) is 5. The average Bonchev–Trinajstić information content (AvgIpc) is 2.67. The molecule has 0 N–H and O–H groups in total. The molecule has 0 unspecified atom stereocenters. The second-order valence-electron chi connectivity index (χ2n) is 6.18. The third kappa shape index (κ3) is 3.67. The van der Waals surface area contributed by atoms with Gasteiger partial charge in [0.2, 0.25) is 5.95 Å². The molecule has 0 spiro atoms. The van der Waals surface area contributed by atoms with Crippen LogP contribution in [0.5, 0.6) is 0 Å². The van der Waals surface area contributed by atoms with Crippen LogP contribution in [-0.2, 0) is 4.74 Å². The van der Waals surface area contributed by atoms with Gasteiger partial charge >= 0.3 is 0 Å². The van der Waals surface area contributed by atoms with Gasteiger partial charge in [0.1, 0.15) is 0 Å². The molecule has 0 atom stereocenters. The molecule has 0 radical (unpaired) electrons. The van der Waals surface area contributed by atoms with Gasteiger partial charge in [-0.05, 0) is 37.3 Å². The van der Waals surface area contributed by atoms with Gasteiger partial charge in [0.15, 0.2) is 0 Å². The van der Waals surface area contributed by atoms with Gasteiger partial charge in [0, 0.05) is 36.4 Å². The molecule has 1 fully saturated rings. The fourth-order valence-corrected chi connectivity index (χ4v) is 2.88. The van der Waals surface area contributed by atoms with Crippen LogP contribution in [0.25, 0.3) is 23.1 Å². The molecule has 126 valence electrons. The Kier molecular flexibility index (Phi) is 4.39. The summed E-state index contributed by atoms with van der Waals surface area (Å²) >= 11 is 0. The summed E-state index contributed by atoms with van der Waals surface area (Å²) in [6.07, 6.45) is 7.68. The molecule has 1 saturated heterocycles. The van der Waals surface area contributed by atoms with Gasteiger partial charge in [-0.3, -0.25) is 0 Å². The van der Waals surface area contributed by atoms with E-state index in [0.717, 1.165) is 54.4 Å². The summed E-state index contributed by atoms with van der Waals surface area (Å²) < 4.78 is 5.35.